The van der Waals surface area contributed by atoms with E-state index < -0.39 is 0 Å². The third-order valence-electron chi connectivity index (χ3n) is 3.25. The van der Waals surface area contributed by atoms with Gasteiger partial charge < -0.3 is 10.2 Å². The zero-order valence-corrected chi connectivity index (χ0v) is 13.5. The van der Waals surface area contributed by atoms with Gasteiger partial charge in [0, 0.05) is 37.5 Å². The lowest BCUT2D eigenvalue weighted by Gasteiger charge is -2.11. The zero-order valence-electron chi connectivity index (χ0n) is 13.5. The Morgan fingerprint density at radius 1 is 1.04 bits per heavy atom. The maximum absolute atomic E-state index is 12.4. The first-order valence-corrected chi connectivity index (χ1v) is 7.33. The second kappa shape index (κ2) is 7.40. The molecule has 0 unspecified atom stereocenters. The number of anilines is 1. The largest absolute Gasteiger partial charge is 0.383 e. The van der Waals surface area contributed by atoms with Crippen LogP contribution in [0, 0.1) is 6.92 Å². The van der Waals surface area contributed by atoms with Gasteiger partial charge in [-0.15, -0.1) is 0 Å². The van der Waals surface area contributed by atoms with Gasteiger partial charge in [0.15, 0.2) is 5.78 Å². The summed E-state index contributed by atoms with van der Waals surface area (Å²) in [6.07, 6.45) is 3.18. The van der Waals surface area contributed by atoms with Gasteiger partial charge in [-0.05, 0) is 31.2 Å². The van der Waals surface area contributed by atoms with E-state index >= 15 is 0 Å². The Labute approximate surface area is 136 Å². The van der Waals surface area contributed by atoms with Gasteiger partial charge in [0.1, 0.15) is 0 Å². The molecule has 0 radical (unpaired) electrons. The molecule has 2 rings (SSSR count). The highest BCUT2D eigenvalue weighted by Crippen LogP contribution is 2.19. The van der Waals surface area contributed by atoms with E-state index in [9.17, 15) is 9.59 Å². The third-order valence-corrected chi connectivity index (χ3v) is 3.25. The summed E-state index contributed by atoms with van der Waals surface area (Å²) < 4.78 is 0. The quantitative estimate of drug-likeness (QED) is 0.679. The summed E-state index contributed by atoms with van der Waals surface area (Å²) in [5.74, 6) is -0.383. The van der Waals surface area contributed by atoms with Crippen LogP contribution in [0.4, 0.5) is 5.69 Å². The molecule has 0 fully saturated rings. The van der Waals surface area contributed by atoms with E-state index in [0.29, 0.717) is 16.8 Å². The molecule has 4 nitrogen and oxygen atoms in total. The summed E-state index contributed by atoms with van der Waals surface area (Å²) in [5.41, 5.74) is 2.50. The lowest BCUT2D eigenvalue weighted by Crippen LogP contribution is -2.14. The molecule has 0 bridgehead atoms. The predicted molar refractivity (Wildman–Crippen MR) is 92.7 cm³/mol. The number of aryl methyl sites for hydroxylation is 1. The molecule has 0 heterocycles. The molecule has 2 aromatic rings. The Hall–Kier alpha value is -2.88. The van der Waals surface area contributed by atoms with Crippen molar-refractivity contribution in [1.29, 1.82) is 0 Å². The van der Waals surface area contributed by atoms with Crippen LogP contribution in [0.15, 0.2) is 60.8 Å². The first kappa shape index (κ1) is 16.5. The number of hydrogen-bond donors (Lipinski definition) is 1. The first-order chi connectivity index (χ1) is 11.0. The number of carbonyl (C=O) groups is 2. The minimum absolute atomic E-state index is 0.147. The van der Waals surface area contributed by atoms with Gasteiger partial charge in [0.2, 0.25) is 0 Å². The molecule has 4 heteroatoms. The van der Waals surface area contributed by atoms with Crippen molar-refractivity contribution < 1.29 is 9.59 Å². The van der Waals surface area contributed by atoms with Crippen LogP contribution in [0.3, 0.4) is 0 Å². The molecule has 1 amide bonds. The maximum Gasteiger partial charge on any atom is 0.255 e. The molecule has 0 atom stereocenters. The monoisotopic (exact) mass is 308 g/mol. The van der Waals surface area contributed by atoms with Crippen molar-refractivity contribution in [2.24, 2.45) is 0 Å². The zero-order chi connectivity index (χ0) is 16.8. The molecular formula is C19H20N2O2. The minimum Gasteiger partial charge on any atom is -0.383 e. The van der Waals surface area contributed by atoms with E-state index in [1.807, 2.05) is 33.2 Å². The fraction of sp³-hybridized carbons (Fsp3) is 0.158. The number of rotatable bonds is 5. The molecule has 1 N–H and O–H groups in total. The van der Waals surface area contributed by atoms with Crippen LogP contribution in [0.2, 0.25) is 0 Å². The van der Waals surface area contributed by atoms with E-state index in [1.54, 1.807) is 47.5 Å². The number of ketones is 1. The molecule has 0 saturated heterocycles. The Morgan fingerprint density at radius 3 is 2.39 bits per heavy atom. The lowest BCUT2D eigenvalue weighted by atomic mass is 10.0. The minimum atomic E-state index is -0.236. The van der Waals surface area contributed by atoms with Gasteiger partial charge in [-0.1, -0.05) is 29.8 Å². The summed E-state index contributed by atoms with van der Waals surface area (Å²) in [6, 6.07) is 14.3. The van der Waals surface area contributed by atoms with Crippen LogP contribution in [0.1, 0.15) is 26.3 Å². The van der Waals surface area contributed by atoms with Crippen molar-refractivity contribution in [3.8, 4) is 0 Å². The van der Waals surface area contributed by atoms with E-state index in [4.69, 9.17) is 0 Å². The van der Waals surface area contributed by atoms with E-state index in [1.165, 1.54) is 6.08 Å². The van der Waals surface area contributed by atoms with Crippen LogP contribution >= 0.6 is 0 Å². The van der Waals surface area contributed by atoms with Gasteiger partial charge in [0.05, 0.1) is 5.69 Å². The molecule has 0 aliphatic heterocycles. The first-order valence-electron chi connectivity index (χ1n) is 7.33. The molecule has 0 aliphatic carbocycles. The average molecular weight is 308 g/mol. The molecule has 118 valence electrons. The maximum atomic E-state index is 12.4. The Balaban J connectivity index is 2.28. The second-order valence-corrected chi connectivity index (χ2v) is 5.51. The van der Waals surface area contributed by atoms with Crippen LogP contribution < -0.4 is 5.32 Å². The van der Waals surface area contributed by atoms with Gasteiger partial charge >= 0.3 is 0 Å². The third kappa shape index (κ3) is 4.54. The molecule has 0 saturated carbocycles. The molecule has 23 heavy (non-hydrogen) atoms. The standard InChI is InChI=1S/C19H20N2O2/c1-14-9-10-17(16(13-14)18(22)11-12-21(2)3)20-19(23)15-7-5-4-6-8-15/h4-13H,1-3H3,(H,20,23)/b12-11+. The molecule has 0 spiro atoms. The SMILES string of the molecule is Cc1ccc(NC(=O)c2ccccc2)c(C(=O)/C=C/N(C)C)c1. The van der Waals surface area contributed by atoms with E-state index in [0.717, 1.165) is 5.56 Å². The fourth-order valence-corrected chi connectivity index (χ4v) is 2.06. The summed E-state index contributed by atoms with van der Waals surface area (Å²) >= 11 is 0. The smallest absolute Gasteiger partial charge is 0.255 e. The van der Waals surface area contributed by atoms with Crippen molar-refractivity contribution in [2.75, 3.05) is 19.4 Å². The fourth-order valence-electron chi connectivity index (χ4n) is 2.06. The second-order valence-electron chi connectivity index (χ2n) is 5.51. The number of nitrogens with one attached hydrogen (secondary N) is 1. The van der Waals surface area contributed by atoms with Crippen molar-refractivity contribution in [3.63, 3.8) is 0 Å². The highest BCUT2D eigenvalue weighted by Gasteiger charge is 2.13. The van der Waals surface area contributed by atoms with Crippen LogP contribution in [-0.2, 0) is 0 Å². The molecule has 0 aliphatic rings. The lowest BCUT2D eigenvalue weighted by molar-refractivity contribution is 0.102. The number of nitrogens with zero attached hydrogens (tertiary/aromatic N) is 1. The van der Waals surface area contributed by atoms with Crippen LogP contribution in [0.5, 0.6) is 0 Å². The summed E-state index contributed by atoms with van der Waals surface area (Å²) in [4.78, 5) is 26.5. The van der Waals surface area contributed by atoms with Crippen LogP contribution in [0.25, 0.3) is 0 Å². The summed E-state index contributed by atoms with van der Waals surface area (Å²) in [7, 11) is 3.69. The van der Waals surface area contributed by atoms with Crippen molar-refractivity contribution in [3.05, 3.63) is 77.5 Å². The molecular weight excluding hydrogens is 288 g/mol. The van der Waals surface area contributed by atoms with Gasteiger partial charge in [0.25, 0.3) is 5.91 Å². The predicted octanol–water partition coefficient (Wildman–Crippen LogP) is 3.51. The highest BCUT2D eigenvalue weighted by molar-refractivity contribution is 6.12. The number of allylic oxidation sites excluding steroid dienone is 1. The Morgan fingerprint density at radius 2 is 1.74 bits per heavy atom. The number of hydrogen-bond acceptors (Lipinski definition) is 3. The van der Waals surface area contributed by atoms with Gasteiger partial charge in [-0.2, -0.15) is 0 Å². The highest BCUT2D eigenvalue weighted by atomic mass is 16.1. The Kier molecular flexibility index (Phi) is 5.31. The van der Waals surface area contributed by atoms with E-state index in [-0.39, 0.29) is 11.7 Å². The summed E-state index contributed by atoms with van der Waals surface area (Å²) in [6.45, 7) is 1.91. The van der Waals surface area contributed by atoms with Crippen molar-refractivity contribution >= 4 is 17.4 Å². The van der Waals surface area contributed by atoms with Crippen LogP contribution in [-0.4, -0.2) is 30.7 Å². The average Bonchev–Trinajstić information content (AvgIpc) is 2.55. The number of benzene rings is 2. The summed E-state index contributed by atoms with van der Waals surface area (Å²) in [5, 5.41) is 2.82. The van der Waals surface area contributed by atoms with E-state index in [2.05, 4.69) is 5.32 Å². The number of carbonyl (C=O) groups excluding carboxylic acids is 2. The molecule has 2 aromatic carbocycles. The number of amides is 1. The van der Waals surface area contributed by atoms with Crippen molar-refractivity contribution in [2.45, 2.75) is 6.92 Å². The topological polar surface area (TPSA) is 49.4 Å². The normalized spacial score (nSPS) is 10.6. The van der Waals surface area contributed by atoms with Crippen molar-refractivity contribution in [1.82, 2.24) is 4.90 Å². The van der Waals surface area contributed by atoms with Gasteiger partial charge in [-0.25, -0.2) is 0 Å². The molecule has 0 aromatic heterocycles. The van der Waals surface area contributed by atoms with Gasteiger partial charge in [-0.3, -0.25) is 9.59 Å². The Bertz CT molecular complexity index is 734.